The van der Waals surface area contributed by atoms with E-state index in [-0.39, 0.29) is 18.0 Å². The highest BCUT2D eigenvalue weighted by Gasteiger charge is 2.13. The van der Waals surface area contributed by atoms with Crippen molar-refractivity contribution in [2.24, 2.45) is 0 Å². The van der Waals surface area contributed by atoms with Gasteiger partial charge in [-0.15, -0.1) is 12.4 Å². The first kappa shape index (κ1) is 12.5. The van der Waals surface area contributed by atoms with Crippen LogP contribution < -0.4 is 0 Å². The van der Waals surface area contributed by atoms with Gasteiger partial charge in [0, 0.05) is 13.1 Å². The lowest BCUT2D eigenvalue weighted by Crippen LogP contribution is -2.32. The number of hydroxylamine groups is 2. The van der Waals surface area contributed by atoms with Crippen molar-refractivity contribution in [3.05, 3.63) is 0 Å². The lowest BCUT2D eigenvalue weighted by atomic mass is 10.2. The van der Waals surface area contributed by atoms with Crippen LogP contribution >= 0.6 is 24.0 Å². The van der Waals surface area contributed by atoms with Crippen LogP contribution in [0.15, 0.2) is 0 Å². The molecule has 1 atom stereocenters. The molecule has 0 bridgehead atoms. The highest BCUT2D eigenvalue weighted by Crippen LogP contribution is 2.13. The number of alkyl halides is 1. The third kappa shape index (κ3) is 4.51. The monoisotopic (exact) mass is 213 g/mol. The molecule has 0 amide bonds. The van der Waals surface area contributed by atoms with E-state index in [9.17, 15) is 0 Å². The molecule has 1 saturated heterocycles. The van der Waals surface area contributed by atoms with E-state index in [0.717, 1.165) is 19.5 Å². The molecule has 1 heterocycles. The Hall–Kier alpha value is 0.500. The molecule has 4 heteroatoms. The van der Waals surface area contributed by atoms with Crippen LogP contribution in [0.4, 0.5) is 0 Å². The first-order chi connectivity index (χ1) is 5.33. The molecule has 1 aliphatic rings. The fourth-order valence-electron chi connectivity index (χ4n) is 1.21. The minimum Gasteiger partial charge on any atom is -0.280 e. The predicted molar refractivity (Wildman–Crippen MR) is 53.7 cm³/mol. The molecule has 74 valence electrons. The average molecular weight is 214 g/mol. The van der Waals surface area contributed by atoms with E-state index in [1.54, 1.807) is 0 Å². The van der Waals surface area contributed by atoms with Crippen LogP contribution in [0, 0.1) is 0 Å². The van der Waals surface area contributed by atoms with Crippen LogP contribution in [0.25, 0.3) is 0 Å². The predicted octanol–water partition coefficient (Wildman–Crippen LogP) is 2.80. The van der Waals surface area contributed by atoms with Crippen molar-refractivity contribution in [1.29, 1.82) is 0 Å². The average Bonchev–Trinajstić information content (AvgIpc) is 2.06. The Morgan fingerprint density at radius 1 is 1.33 bits per heavy atom. The summed E-state index contributed by atoms with van der Waals surface area (Å²) in [6.45, 7) is 4.12. The molecule has 1 aliphatic heterocycles. The number of nitrogens with zero attached hydrogens (tertiary/aromatic N) is 1. The van der Waals surface area contributed by atoms with Gasteiger partial charge < -0.3 is 0 Å². The van der Waals surface area contributed by atoms with Crippen LogP contribution in [-0.2, 0) is 4.84 Å². The van der Waals surface area contributed by atoms with E-state index in [4.69, 9.17) is 16.4 Å². The second kappa shape index (κ2) is 6.96. The molecular weight excluding hydrogens is 197 g/mol. The van der Waals surface area contributed by atoms with Crippen molar-refractivity contribution in [2.75, 3.05) is 13.1 Å². The fourth-order valence-corrected chi connectivity index (χ4v) is 1.32. The van der Waals surface area contributed by atoms with E-state index in [1.807, 2.05) is 12.0 Å². The van der Waals surface area contributed by atoms with Gasteiger partial charge >= 0.3 is 0 Å². The van der Waals surface area contributed by atoms with Gasteiger partial charge in [-0.3, -0.25) is 4.84 Å². The molecule has 12 heavy (non-hydrogen) atoms. The zero-order valence-electron chi connectivity index (χ0n) is 7.46. The van der Waals surface area contributed by atoms with Gasteiger partial charge in [-0.1, -0.05) is 24.9 Å². The zero-order valence-corrected chi connectivity index (χ0v) is 9.03. The summed E-state index contributed by atoms with van der Waals surface area (Å²) in [5, 5.41) is 1.99. The van der Waals surface area contributed by atoms with Gasteiger partial charge in [-0.25, -0.2) is 0 Å². The molecule has 1 unspecified atom stereocenters. The minimum atomic E-state index is -0.131. The normalized spacial score (nSPS) is 21.5. The summed E-state index contributed by atoms with van der Waals surface area (Å²) in [6.07, 6.45) is 4.69. The summed E-state index contributed by atoms with van der Waals surface area (Å²) in [5.41, 5.74) is -0.131. The molecule has 0 radical (unpaired) electrons. The Labute approximate surface area is 85.6 Å². The van der Waals surface area contributed by atoms with Crippen molar-refractivity contribution in [1.82, 2.24) is 5.06 Å². The topological polar surface area (TPSA) is 12.5 Å². The standard InChI is InChI=1S/C8H16ClNO.ClH/c1-2-8(9)11-10-6-4-3-5-7-10;/h8H,2-7H2,1H3;1H. The van der Waals surface area contributed by atoms with Gasteiger partial charge in [0.1, 0.15) is 0 Å². The number of hydrogen-bond acceptors (Lipinski definition) is 2. The Kier molecular flexibility index (Phi) is 7.25. The van der Waals surface area contributed by atoms with E-state index in [0.29, 0.717) is 0 Å². The minimum absolute atomic E-state index is 0. The molecule has 0 aliphatic carbocycles. The maximum absolute atomic E-state index is 5.83. The smallest absolute Gasteiger partial charge is 0.152 e. The number of hydrogen-bond donors (Lipinski definition) is 0. The van der Waals surface area contributed by atoms with E-state index in [2.05, 4.69) is 0 Å². The largest absolute Gasteiger partial charge is 0.280 e. The first-order valence-electron chi connectivity index (χ1n) is 4.38. The molecule has 0 saturated carbocycles. The van der Waals surface area contributed by atoms with E-state index < -0.39 is 0 Å². The van der Waals surface area contributed by atoms with Crippen molar-refractivity contribution >= 4 is 24.0 Å². The maximum atomic E-state index is 5.83. The highest BCUT2D eigenvalue weighted by molar-refractivity contribution is 6.19. The van der Waals surface area contributed by atoms with Crippen molar-refractivity contribution < 1.29 is 4.84 Å². The van der Waals surface area contributed by atoms with Gasteiger partial charge in [0.2, 0.25) is 0 Å². The molecule has 1 rings (SSSR count). The summed E-state index contributed by atoms with van der Waals surface area (Å²) in [6, 6.07) is 0. The Bertz CT molecular complexity index is 107. The summed E-state index contributed by atoms with van der Waals surface area (Å²) >= 11 is 5.83. The summed E-state index contributed by atoms with van der Waals surface area (Å²) in [7, 11) is 0. The van der Waals surface area contributed by atoms with Gasteiger partial charge in [0.25, 0.3) is 0 Å². The number of piperidine rings is 1. The summed E-state index contributed by atoms with van der Waals surface area (Å²) in [5.74, 6) is 0. The zero-order chi connectivity index (χ0) is 8.10. The SMILES string of the molecule is CCC(Cl)ON1CCCCC1.Cl. The molecule has 0 aromatic carbocycles. The van der Waals surface area contributed by atoms with Crippen LogP contribution in [0.5, 0.6) is 0 Å². The fraction of sp³-hybridized carbons (Fsp3) is 1.00. The van der Waals surface area contributed by atoms with Crippen LogP contribution in [0.3, 0.4) is 0 Å². The lowest BCUT2D eigenvalue weighted by molar-refractivity contribution is -0.182. The number of rotatable bonds is 3. The Morgan fingerprint density at radius 2 is 1.92 bits per heavy atom. The second-order valence-electron chi connectivity index (χ2n) is 2.91. The number of halogens is 2. The quantitative estimate of drug-likeness (QED) is 0.670. The van der Waals surface area contributed by atoms with Gasteiger partial charge in [-0.05, 0) is 19.3 Å². The van der Waals surface area contributed by atoms with Gasteiger partial charge in [0.05, 0.1) is 0 Å². The second-order valence-corrected chi connectivity index (χ2v) is 3.40. The van der Waals surface area contributed by atoms with Crippen molar-refractivity contribution in [2.45, 2.75) is 38.2 Å². The lowest BCUT2D eigenvalue weighted by Gasteiger charge is -2.27. The molecule has 2 nitrogen and oxygen atoms in total. The van der Waals surface area contributed by atoms with Crippen LogP contribution in [-0.4, -0.2) is 23.7 Å². The van der Waals surface area contributed by atoms with Gasteiger partial charge in [0.15, 0.2) is 5.56 Å². The van der Waals surface area contributed by atoms with Crippen molar-refractivity contribution in [3.63, 3.8) is 0 Å². The third-order valence-electron chi connectivity index (χ3n) is 1.90. The molecule has 0 aromatic rings. The van der Waals surface area contributed by atoms with Crippen LogP contribution in [0.1, 0.15) is 32.6 Å². The van der Waals surface area contributed by atoms with E-state index >= 15 is 0 Å². The van der Waals surface area contributed by atoms with Crippen molar-refractivity contribution in [3.8, 4) is 0 Å². The molecule has 0 spiro atoms. The Morgan fingerprint density at radius 3 is 2.42 bits per heavy atom. The van der Waals surface area contributed by atoms with Crippen LogP contribution in [0.2, 0.25) is 0 Å². The molecule has 1 fully saturated rings. The summed E-state index contributed by atoms with van der Waals surface area (Å²) < 4.78 is 0. The first-order valence-corrected chi connectivity index (χ1v) is 4.82. The van der Waals surface area contributed by atoms with Gasteiger partial charge in [-0.2, -0.15) is 5.06 Å². The molecular formula is C8H17Cl2NO. The molecule has 0 N–H and O–H groups in total. The Balaban J connectivity index is 0.00000121. The highest BCUT2D eigenvalue weighted by atomic mass is 35.5. The third-order valence-corrected chi connectivity index (χ3v) is 2.29. The summed E-state index contributed by atoms with van der Waals surface area (Å²) in [4.78, 5) is 5.44. The van der Waals surface area contributed by atoms with E-state index in [1.165, 1.54) is 19.3 Å². The molecule has 0 aromatic heterocycles. The maximum Gasteiger partial charge on any atom is 0.152 e.